The van der Waals surface area contributed by atoms with Crippen molar-refractivity contribution in [3.05, 3.63) is 28.0 Å². The zero-order chi connectivity index (χ0) is 11.0. The lowest BCUT2D eigenvalue weighted by molar-refractivity contribution is 0.719. The maximum absolute atomic E-state index is 6.07. The minimum absolute atomic E-state index is 0.593. The molecule has 15 heavy (non-hydrogen) atoms. The molecule has 0 saturated carbocycles. The van der Waals surface area contributed by atoms with E-state index in [0.29, 0.717) is 16.6 Å². The zero-order valence-electron chi connectivity index (χ0n) is 8.51. The van der Waals surface area contributed by atoms with Crippen LogP contribution in [-0.2, 0) is 13.6 Å². The number of rotatable bonds is 2. The monoisotopic (exact) mass is 243 g/mol. The van der Waals surface area contributed by atoms with Crippen molar-refractivity contribution in [1.82, 2.24) is 14.9 Å². The van der Waals surface area contributed by atoms with Crippen molar-refractivity contribution >= 4 is 34.2 Å². The molecule has 80 valence electrons. The Balaban J connectivity index is 2.70. The molecule has 1 heterocycles. The fourth-order valence-electron chi connectivity index (χ4n) is 1.58. The van der Waals surface area contributed by atoms with Crippen LogP contribution in [0.4, 0.5) is 0 Å². The van der Waals surface area contributed by atoms with Gasteiger partial charge >= 0.3 is 0 Å². The Bertz CT molecular complexity index is 505. The fourth-order valence-corrected chi connectivity index (χ4v) is 2.10. The summed E-state index contributed by atoms with van der Waals surface area (Å²) in [6, 6.07) is 3.58. The van der Waals surface area contributed by atoms with Crippen molar-refractivity contribution in [3.8, 4) is 0 Å². The molecule has 0 fully saturated rings. The molecule has 0 aliphatic heterocycles. The van der Waals surface area contributed by atoms with E-state index in [1.54, 1.807) is 6.07 Å². The number of hydrogen-bond acceptors (Lipinski definition) is 2. The average molecular weight is 244 g/mol. The summed E-state index contributed by atoms with van der Waals surface area (Å²) in [6.45, 7) is 0.707. The average Bonchev–Trinajstić information content (AvgIpc) is 2.47. The molecule has 1 aromatic carbocycles. The number of halogens is 2. The number of aryl methyl sites for hydroxylation is 1. The Kier molecular flexibility index (Phi) is 2.87. The van der Waals surface area contributed by atoms with E-state index in [-0.39, 0.29) is 0 Å². The second-order valence-corrected chi connectivity index (χ2v) is 4.22. The van der Waals surface area contributed by atoms with Crippen LogP contribution in [0.2, 0.25) is 10.0 Å². The first-order valence-corrected chi connectivity index (χ1v) is 5.34. The van der Waals surface area contributed by atoms with Gasteiger partial charge in [-0.1, -0.05) is 23.2 Å². The zero-order valence-corrected chi connectivity index (χ0v) is 10.0. The van der Waals surface area contributed by atoms with Crippen molar-refractivity contribution in [2.75, 3.05) is 7.05 Å². The molecule has 0 atom stereocenters. The summed E-state index contributed by atoms with van der Waals surface area (Å²) in [5.74, 6) is 0.941. The number of fused-ring (bicyclic) bond motifs is 1. The van der Waals surface area contributed by atoms with Gasteiger partial charge in [0.1, 0.15) is 11.3 Å². The van der Waals surface area contributed by atoms with Crippen LogP contribution in [0.25, 0.3) is 11.0 Å². The second-order valence-electron chi connectivity index (χ2n) is 3.37. The van der Waals surface area contributed by atoms with Gasteiger partial charge in [-0.15, -0.1) is 0 Å². The summed E-state index contributed by atoms with van der Waals surface area (Å²) in [4.78, 5) is 4.45. The topological polar surface area (TPSA) is 29.9 Å². The van der Waals surface area contributed by atoms with E-state index in [1.807, 2.05) is 24.7 Å². The highest BCUT2D eigenvalue weighted by molar-refractivity contribution is 6.38. The van der Waals surface area contributed by atoms with Crippen molar-refractivity contribution in [2.24, 2.45) is 7.05 Å². The van der Waals surface area contributed by atoms with E-state index >= 15 is 0 Å². The summed E-state index contributed by atoms with van der Waals surface area (Å²) in [5.41, 5.74) is 1.76. The molecule has 0 aliphatic carbocycles. The van der Waals surface area contributed by atoms with Crippen molar-refractivity contribution in [3.63, 3.8) is 0 Å². The number of benzene rings is 1. The molecule has 2 rings (SSSR count). The molecule has 0 unspecified atom stereocenters. The number of nitrogens with one attached hydrogen (secondary N) is 1. The molecule has 0 amide bonds. The van der Waals surface area contributed by atoms with Crippen molar-refractivity contribution < 1.29 is 0 Å². The first kappa shape index (κ1) is 10.7. The molecule has 2 aromatic rings. The van der Waals surface area contributed by atoms with Crippen LogP contribution in [0, 0.1) is 0 Å². The van der Waals surface area contributed by atoms with E-state index in [1.165, 1.54) is 0 Å². The normalized spacial score (nSPS) is 11.2. The molecule has 0 spiro atoms. The van der Waals surface area contributed by atoms with Gasteiger partial charge in [-0.05, 0) is 19.2 Å². The molecular weight excluding hydrogens is 233 g/mol. The molecule has 0 saturated heterocycles. The number of hydrogen-bond donors (Lipinski definition) is 1. The van der Waals surface area contributed by atoms with E-state index in [9.17, 15) is 0 Å². The van der Waals surface area contributed by atoms with Gasteiger partial charge < -0.3 is 9.88 Å². The quantitative estimate of drug-likeness (QED) is 0.879. The number of aromatic nitrogens is 2. The van der Waals surface area contributed by atoms with Crippen LogP contribution in [0.5, 0.6) is 0 Å². The van der Waals surface area contributed by atoms with E-state index < -0.39 is 0 Å². The van der Waals surface area contributed by atoms with E-state index in [4.69, 9.17) is 23.2 Å². The molecule has 5 heteroatoms. The third kappa shape index (κ3) is 1.83. The summed E-state index contributed by atoms with van der Waals surface area (Å²) in [6.07, 6.45) is 0. The van der Waals surface area contributed by atoms with Gasteiger partial charge in [-0.2, -0.15) is 0 Å². The van der Waals surface area contributed by atoms with Gasteiger partial charge in [0.15, 0.2) is 0 Å². The summed E-state index contributed by atoms with van der Waals surface area (Å²) >= 11 is 12.0. The predicted octanol–water partition coefficient (Wildman–Crippen LogP) is 2.60. The third-order valence-corrected chi connectivity index (χ3v) is 2.84. The second kappa shape index (κ2) is 4.00. The minimum atomic E-state index is 0.593. The Labute approximate surface area is 98.0 Å². The standard InChI is InChI=1S/C10H11Cl2N3/c1-13-5-9-14-10-7(12)3-6(11)4-8(10)15(9)2/h3-4,13H,5H2,1-2H3. The van der Waals surface area contributed by atoms with Gasteiger partial charge in [0.25, 0.3) is 0 Å². The summed E-state index contributed by atoms with van der Waals surface area (Å²) in [5, 5.41) is 4.28. The van der Waals surface area contributed by atoms with Crippen molar-refractivity contribution in [1.29, 1.82) is 0 Å². The van der Waals surface area contributed by atoms with Crippen LogP contribution in [0.3, 0.4) is 0 Å². The van der Waals surface area contributed by atoms with Crippen molar-refractivity contribution in [2.45, 2.75) is 6.54 Å². The molecule has 0 radical (unpaired) electrons. The lowest BCUT2D eigenvalue weighted by Crippen LogP contribution is -2.10. The van der Waals surface area contributed by atoms with Crippen LogP contribution < -0.4 is 5.32 Å². The Morgan fingerprint density at radius 1 is 1.40 bits per heavy atom. The highest BCUT2D eigenvalue weighted by Gasteiger charge is 2.10. The SMILES string of the molecule is CNCc1nc2c(Cl)cc(Cl)cc2n1C. The molecular formula is C10H11Cl2N3. The third-order valence-electron chi connectivity index (χ3n) is 2.33. The molecule has 3 nitrogen and oxygen atoms in total. The molecule has 1 N–H and O–H groups in total. The van der Waals surface area contributed by atoms with Gasteiger partial charge in [0.05, 0.1) is 17.1 Å². The number of nitrogens with zero attached hydrogens (tertiary/aromatic N) is 2. The highest BCUT2D eigenvalue weighted by Crippen LogP contribution is 2.27. The maximum Gasteiger partial charge on any atom is 0.123 e. The molecule has 0 bridgehead atoms. The van der Waals surface area contributed by atoms with Gasteiger partial charge in [0, 0.05) is 12.1 Å². The number of imidazole rings is 1. The van der Waals surface area contributed by atoms with Crippen LogP contribution >= 0.6 is 23.2 Å². The first-order chi connectivity index (χ1) is 7.13. The lowest BCUT2D eigenvalue weighted by Gasteiger charge is -2.00. The minimum Gasteiger partial charge on any atom is -0.330 e. The fraction of sp³-hybridized carbons (Fsp3) is 0.300. The Morgan fingerprint density at radius 3 is 2.80 bits per heavy atom. The Morgan fingerprint density at radius 2 is 2.13 bits per heavy atom. The molecule has 0 aliphatic rings. The largest absolute Gasteiger partial charge is 0.330 e. The first-order valence-electron chi connectivity index (χ1n) is 4.58. The van der Waals surface area contributed by atoms with Gasteiger partial charge in [-0.3, -0.25) is 0 Å². The summed E-state index contributed by atoms with van der Waals surface area (Å²) < 4.78 is 1.99. The van der Waals surface area contributed by atoms with Gasteiger partial charge in [0.2, 0.25) is 0 Å². The lowest BCUT2D eigenvalue weighted by atomic mass is 10.3. The van der Waals surface area contributed by atoms with E-state index in [0.717, 1.165) is 16.9 Å². The van der Waals surface area contributed by atoms with Gasteiger partial charge in [-0.25, -0.2) is 4.98 Å². The highest BCUT2D eigenvalue weighted by atomic mass is 35.5. The summed E-state index contributed by atoms with van der Waals surface area (Å²) in [7, 11) is 3.84. The van der Waals surface area contributed by atoms with Crippen LogP contribution in [0.15, 0.2) is 12.1 Å². The Hall–Kier alpha value is -0.770. The van der Waals surface area contributed by atoms with E-state index in [2.05, 4.69) is 10.3 Å². The predicted molar refractivity (Wildman–Crippen MR) is 63.5 cm³/mol. The smallest absolute Gasteiger partial charge is 0.123 e. The van der Waals surface area contributed by atoms with Crippen LogP contribution in [0.1, 0.15) is 5.82 Å². The maximum atomic E-state index is 6.07. The molecule has 1 aromatic heterocycles. The van der Waals surface area contributed by atoms with Crippen LogP contribution in [-0.4, -0.2) is 16.6 Å².